The number of hydrogen-bond donors (Lipinski definition) is 0. The molecule has 3 rings (SSSR count). The van der Waals surface area contributed by atoms with Gasteiger partial charge < -0.3 is 19.3 Å². The molecule has 0 aliphatic carbocycles. The lowest BCUT2D eigenvalue weighted by Gasteiger charge is -2.31. The van der Waals surface area contributed by atoms with Gasteiger partial charge in [0.15, 0.2) is 6.10 Å². The van der Waals surface area contributed by atoms with E-state index in [-0.39, 0.29) is 11.8 Å². The number of amides is 2. The van der Waals surface area contributed by atoms with Gasteiger partial charge in [-0.3, -0.25) is 9.59 Å². The number of likely N-dealkylation sites (N-methyl/N-ethyl adjacent to an activating group) is 1. The minimum absolute atomic E-state index is 0.0411. The highest BCUT2D eigenvalue weighted by molar-refractivity contribution is 6.02. The first-order chi connectivity index (χ1) is 10.1. The van der Waals surface area contributed by atoms with Gasteiger partial charge in [0.25, 0.3) is 11.8 Å². The molecule has 6 heteroatoms. The molecule has 112 valence electrons. The van der Waals surface area contributed by atoms with E-state index in [2.05, 4.69) is 0 Å². The second kappa shape index (κ2) is 5.37. The first-order valence-electron chi connectivity index (χ1n) is 7.03. The Morgan fingerprint density at radius 3 is 2.71 bits per heavy atom. The number of fused-ring (bicyclic) bond motifs is 1. The van der Waals surface area contributed by atoms with Crippen LogP contribution in [-0.4, -0.2) is 56.2 Å². The fourth-order valence-corrected chi connectivity index (χ4v) is 2.59. The van der Waals surface area contributed by atoms with E-state index >= 15 is 0 Å². The molecule has 21 heavy (non-hydrogen) atoms. The van der Waals surface area contributed by atoms with Crippen LogP contribution in [-0.2, 0) is 9.53 Å². The predicted molar refractivity (Wildman–Crippen MR) is 76.7 cm³/mol. The highest BCUT2D eigenvalue weighted by atomic mass is 16.5. The summed E-state index contributed by atoms with van der Waals surface area (Å²) in [4.78, 5) is 27.7. The molecule has 0 bridgehead atoms. The molecule has 0 spiro atoms. The Bertz CT molecular complexity index is 581. The molecule has 0 aromatic heterocycles. The van der Waals surface area contributed by atoms with E-state index in [1.807, 2.05) is 0 Å². The molecule has 2 heterocycles. The van der Waals surface area contributed by atoms with Crippen LogP contribution in [0.4, 0.5) is 5.69 Å². The van der Waals surface area contributed by atoms with Crippen LogP contribution in [0.3, 0.4) is 0 Å². The maximum absolute atomic E-state index is 12.5. The maximum atomic E-state index is 12.5. The van der Waals surface area contributed by atoms with Crippen molar-refractivity contribution in [2.24, 2.45) is 0 Å². The minimum Gasteiger partial charge on any atom is -0.479 e. The number of benzene rings is 1. The quantitative estimate of drug-likeness (QED) is 0.771. The van der Waals surface area contributed by atoms with E-state index < -0.39 is 6.10 Å². The molecule has 1 aromatic rings. The first-order valence-corrected chi connectivity index (χ1v) is 7.03. The normalized spacial score (nSPS) is 21.8. The second-order valence-electron chi connectivity index (χ2n) is 5.24. The van der Waals surface area contributed by atoms with Gasteiger partial charge in [0.2, 0.25) is 0 Å². The van der Waals surface area contributed by atoms with Crippen molar-refractivity contribution in [3.8, 4) is 5.75 Å². The summed E-state index contributed by atoms with van der Waals surface area (Å²) in [5.74, 6) is 0.474. The standard InChI is InChI=1S/C15H18N2O4/c1-10-14(18)16(2)12-9-11(3-4-13(12)21-10)15(19)17-5-7-20-8-6-17/h3-4,9-10H,5-8H2,1-2H3. The molecule has 2 aliphatic heterocycles. The van der Waals surface area contributed by atoms with Crippen molar-refractivity contribution in [2.45, 2.75) is 13.0 Å². The lowest BCUT2D eigenvalue weighted by molar-refractivity contribution is -0.125. The summed E-state index contributed by atoms with van der Waals surface area (Å²) in [5, 5.41) is 0. The van der Waals surface area contributed by atoms with Crippen molar-refractivity contribution in [3.05, 3.63) is 23.8 Å². The molecule has 1 fully saturated rings. The summed E-state index contributed by atoms with van der Waals surface area (Å²) < 4.78 is 10.8. The SMILES string of the molecule is CC1Oc2ccc(C(=O)N3CCOCC3)cc2N(C)C1=O. The Kier molecular flexibility index (Phi) is 3.55. The van der Waals surface area contributed by atoms with Crippen molar-refractivity contribution in [3.63, 3.8) is 0 Å². The zero-order valence-corrected chi connectivity index (χ0v) is 12.2. The third-order valence-corrected chi connectivity index (χ3v) is 3.85. The van der Waals surface area contributed by atoms with Crippen LogP contribution in [0.15, 0.2) is 18.2 Å². The van der Waals surface area contributed by atoms with Gasteiger partial charge in [-0.15, -0.1) is 0 Å². The first kappa shape index (κ1) is 13.9. The second-order valence-corrected chi connectivity index (χ2v) is 5.24. The lowest BCUT2D eigenvalue weighted by Crippen LogP contribution is -2.43. The van der Waals surface area contributed by atoms with Crippen molar-refractivity contribution < 1.29 is 19.1 Å². The van der Waals surface area contributed by atoms with Crippen LogP contribution in [0.25, 0.3) is 0 Å². The van der Waals surface area contributed by atoms with Crippen LogP contribution in [0.1, 0.15) is 17.3 Å². The summed E-state index contributed by atoms with van der Waals surface area (Å²) in [5.41, 5.74) is 1.20. The third kappa shape index (κ3) is 2.47. The van der Waals surface area contributed by atoms with Crippen molar-refractivity contribution in [1.82, 2.24) is 4.90 Å². The molecule has 1 saturated heterocycles. The zero-order chi connectivity index (χ0) is 15.0. The largest absolute Gasteiger partial charge is 0.479 e. The van der Waals surface area contributed by atoms with E-state index in [9.17, 15) is 9.59 Å². The summed E-state index contributed by atoms with van der Waals surface area (Å²) in [6.07, 6.45) is -0.497. The number of ether oxygens (including phenoxy) is 2. The number of rotatable bonds is 1. The Balaban J connectivity index is 1.88. The fourth-order valence-electron chi connectivity index (χ4n) is 2.59. The van der Waals surface area contributed by atoms with Gasteiger partial charge in [0.1, 0.15) is 5.75 Å². The van der Waals surface area contributed by atoms with Crippen LogP contribution in [0.2, 0.25) is 0 Å². The van der Waals surface area contributed by atoms with Gasteiger partial charge in [0.05, 0.1) is 18.9 Å². The Morgan fingerprint density at radius 2 is 2.00 bits per heavy atom. The summed E-state index contributed by atoms with van der Waals surface area (Å²) in [7, 11) is 1.70. The van der Waals surface area contributed by atoms with Crippen LogP contribution >= 0.6 is 0 Å². The topological polar surface area (TPSA) is 59.1 Å². The Morgan fingerprint density at radius 1 is 1.29 bits per heavy atom. The molecule has 0 N–H and O–H groups in total. The van der Waals surface area contributed by atoms with Gasteiger partial charge in [0, 0.05) is 25.7 Å². The molecule has 1 aromatic carbocycles. The van der Waals surface area contributed by atoms with Crippen molar-refractivity contribution in [2.75, 3.05) is 38.3 Å². The predicted octanol–water partition coefficient (Wildman–Crippen LogP) is 0.903. The third-order valence-electron chi connectivity index (χ3n) is 3.85. The minimum atomic E-state index is -0.497. The van der Waals surface area contributed by atoms with E-state index in [4.69, 9.17) is 9.47 Å². The van der Waals surface area contributed by atoms with Crippen molar-refractivity contribution >= 4 is 17.5 Å². The average Bonchev–Trinajstić information content (AvgIpc) is 2.53. The van der Waals surface area contributed by atoms with Gasteiger partial charge in [-0.1, -0.05) is 0 Å². The number of carbonyl (C=O) groups excluding carboxylic acids is 2. The summed E-state index contributed by atoms with van der Waals surface area (Å²) in [6.45, 7) is 4.04. The number of morpholine rings is 1. The molecular formula is C15H18N2O4. The van der Waals surface area contributed by atoms with E-state index in [1.165, 1.54) is 0 Å². The van der Waals surface area contributed by atoms with Gasteiger partial charge >= 0.3 is 0 Å². The van der Waals surface area contributed by atoms with Crippen molar-refractivity contribution in [1.29, 1.82) is 0 Å². The highest BCUT2D eigenvalue weighted by Gasteiger charge is 2.30. The Labute approximate surface area is 123 Å². The van der Waals surface area contributed by atoms with Crippen LogP contribution in [0, 0.1) is 0 Å². The monoisotopic (exact) mass is 290 g/mol. The summed E-state index contributed by atoms with van der Waals surface area (Å²) >= 11 is 0. The van der Waals surface area contributed by atoms with E-state index in [1.54, 1.807) is 42.0 Å². The Hall–Kier alpha value is -2.08. The molecule has 0 radical (unpaired) electrons. The number of hydrogen-bond acceptors (Lipinski definition) is 4. The highest BCUT2D eigenvalue weighted by Crippen LogP contribution is 2.34. The lowest BCUT2D eigenvalue weighted by atomic mass is 10.1. The van der Waals surface area contributed by atoms with Gasteiger partial charge in [-0.25, -0.2) is 0 Å². The van der Waals surface area contributed by atoms with Gasteiger partial charge in [-0.2, -0.15) is 0 Å². The number of nitrogens with zero attached hydrogens (tertiary/aromatic N) is 2. The molecule has 0 saturated carbocycles. The molecule has 2 amide bonds. The molecule has 2 aliphatic rings. The molecule has 1 atom stereocenters. The van der Waals surface area contributed by atoms with Crippen LogP contribution in [0.5, 0.6) is 5.75 Å². The smallest absolute Gasteiger partial charge is 0.267 e. The maximum Gasteiger partial charge on any atom is 0.267 e. The summed E-state index contributed by atoms with van der Waals surface area (Å²) in [6, 6.07) is 5.21. The zero-order valence-electron chi connectivity index (χ0n) is 12.2. The average molecular weight is 290 g/mol. The fraction of sp³-hybridized carbons (Fsp3) is 0.467. The molecular weight excluding hydrogens is 272 g/mol. The van der Waals surface area contributed by atoms with E-state index in [0.717, 1.165) is 0 Å². The number of carbonyl (C=O) groups is 2. The van der Waals surface area contributed by atoms with Crippen LogP contribution < -0.4 is 9.64 Å². The molecule has 6 nitrogen and oxygen atoms in total. The molecule has 1 unspecified atom stereocenters. The van der Waals surface area contributed by atoms with Gasteiger partial charge in [-0.05, 0) is 25.1 Å². The number of anilines is 1. The van der Waals surface area contributed by atoms with E-state index in [0.29, 0.717) is 43.3 Å².